The van der Waals surface area contributed by atoms with E-state index in [1.54, 1.807) is 28.6 Å². The van der Waals surface area contributed by atoms with Gasteiger partial charge in [0.05, 0.1) is 4.90 Å². The molecule has 0 saturated carbocycles. The molecule has 2 unspecified atom stereocenters. The number of sulfonamides is 1. The Morgan fingerprint density at radius 2 is 2.00 bits per heavy atom. The second-order valence-corrected chi connectivity index (χ2v) is 6.88. The van der Waals surface area contributed by atoms with Gasteiger partial charge in [-0.2, -0.15) is 4.31 Å². The second kappa shape index (κ2) is 5.38. The van der Waals surface area contributed by atoms with Gasteiger partial charge >= 0.3 is 0 Å². The minimum Gasteiger partial charge on any atom is -0.328 e. The summed E-state index contributed by atoms with van der Waals surface area (Å²) < 4.78 is 26.5. The Kier molecular flexibility index (Phi) is 4.04. The lowest BCUT2D eigenvalue weighted by molar-refractivity contribution is 0.243. The third-order valence-electron chi connectivity index (χ3n) is 3.55. The molecule has 18 heavy (non-hydrogen) atoms. The van der Waals surface area contributed by atoms with Crippen molar-refractivity contribution in [3.8, 4) is 0 Å². The lowest BCUT2D eigenvalue weighted by Crippen LogP contribution is -2.44. The highest BCUT2D eigenvalue weighted by molar-refractivity contribution is 7.89. The van der Waals surface area contributed by atoms with Crippen LogP contribution in [0.25, 0.3) is 0 Å². The van der Waals surface area contributed by atoms with Crippen LogP contribution in [0.1, 0.15) is 19.8 Å². The molecular weight excluding hydrogens is 248 g/mol. The summed E-state index contributed by atoms with van der Waals surface area (Å²) in [6.07, 6.45) is 1.90. The fourth-order valence-corrected chi connectivity index (χ4v) is 3.92. The first-order chi connectivity index (χ1) is 8.51. The van der Waals surface area contributed by atoms with Crippen molar-refractivity contribution < 1.29 is 8.42 Å². The van der Waals surface area contributed by atoms with Crippen LogP contribution in [-0.4, -0.2) is 31.9 Å². The third-order valence-corrected chi connectivity index (χ3v) is 5.42. The van der Waals surface area contributed by atoms with Gasteiger partial charge in [-0.15, -0.1) is 0 Å². The first-order valence-electron chi connectivity index (χ1n) is 6.32. The third kappa shape index (κ3) is 2.74. The van der Waals surface area contributed by atoms with Crippen molar-refractivity contribution in [1.29, 1.82) is 0 Å². The maximum Gasteiger partial charge on any atom is 0.243 e. The van der Waals surface area contributed by atoms with Crippen LogP contribution < -0.4 is 5.73 Å². The van der Waals surface area contributed by atoms with Crippen LogP contribution in [0, 0.1) is 5.92 Å². The zero-order chi connectivity index (χ0) is 13.2. The van der Waals surface area contributed by atoms with E-state index in [1.807, 2.05) is 13.0 Å². The lowest BCUT2D eigenvalue weighted by Gasteiger charge is -2.33. The summed E-state index contributed by atoms with van der Waals surface area (Å²) in [6.45, 7) is 3.08. The van der Waals surface area contributed by atoms with Crippen molar-refractivity contribution in [2.75, 3.05) is 13.1 Å². The van der Waals surface area contributed by atoms with Gasteiger partial charge < -0.3 is 5.73 Å². The topological polar surface area (TPSA) is 63.4 Å². The number of nitrogens with two attached hydrogens (primary N) is 1. The lowest BCUT2D eigenvalue weighted by atomic mass is 9.93. The van der Waals surface area contributed by atoms with E-state index in [1.165, 1.54) is 0 Å². The van der Waals surface area contributed by atoms with Crippen LogP contribution in [0.15, 0.2) is 35.2 Å². The highest BCUT2D eigenvalue weighted by Crippen LogP contribution is 2.24. The first-order valence-corrected chi connectivity index (χ1v) is 7.76. The average molecular weight is 268 g/mol. The standard InChI is InChI=1S/C13H20N2O2S/c1-11(14)12-6-5-9-15(10-12)18(16,17)13-7-3-2-4-8-13/h2-4,7-8,11-12H,5-6,9-10,14H2,1H3. The van der Waals surface area contributed by atoms with Crippen molar-refractivity contribution in [2.45, 2.75) is 30.7 Å². The predicted molar refractivity (Wildman–Crippen MR) is 71.6 cm³/mol. The van der Waals surface area contributed by atoms with Gasteiger partial charge in [0.25, 0.3) is 0 Å². The van der Waals surface area contributed by atoms with Gasteiger partial charge in [-0.05, 0) is 37.8 Å². The molecule has 0 amide bonds. The van der Waals surface area contributed by atoms with E-state index >= 15 is 0 Å². The van der Waals surface area contributed by atoms with Gasteiger partial charge in [-0.1, -0.05) is 18.2 Å². The number of benzene rings is 1. The zero-order valence-corrected chi connectivity index (χ0v) is 11.4. The number of hydrogen-bond acceptors (Lipinski definition) is 3. The van der Waals surface area contributed by atoms with Crippen molar-refractivity contribution >= 4 is 10.0 Å². The number of piperidine rings is 1. The Bertz CT molecular complexity index is 485. The van der Waals surface area contributed by atoms with Gasteiger partial charge in [-0.25, -0.2) is 8.42 Å². The van der Waals surface area contributed by atoms with E-state index in [9.17, 15) is 8.42 Å². The predicted octanol–water partition coefficient (Wildman–Crippen LogP) is 1.43. The van der Waals surface area contributed by atoms with E-state index in [4.69, 9.17) is 5.73 Å². The normalized spacial score (nSPS) is 23.8. The monoisotopic (exact) mass is 268 g/mol. The first kappa shape index (κ1) is 13.5. The summed E-state index contributed by atoms with van der Waals surface area (Å²) in [7, 11) is -3.35. The molecule has 0 bridgehead atoms. The zero-order valence-electron chi connectivity index (χ0n) is 10.6. The summed E-state index contributed by atoms with van der Waals surface area (Å²) in [4.78, 5) is 0.371. The second-order valence-electron chi connectivity index (χ2n) is 4.94. The Balaban J connectivity index is 2.21. The number of nitrogens with zero attached hydrogens (tertiary/aromatic N) is 1. The molecule has 0 aromatic heterocycles. The SMILES string of the molecule is CC(N)C1CCCN(S(=O)(=O)c2ccccc2)C1. The van der Waals surface area contributed by atoms with E-state index in [0.29, 0.717) is 18.0 Å². The molecule has 0 spiro atoms. The van der Waals surface area contributed by atoms with Crippen LogP contribution >= 0.6 is 0 Å². The maximum atomic E-state index is 12.4. The summed E-state index contributed by atoms with van der Waals surface area (Å²) in [5, 5.41) is 0. The highest BCUT2D eigenvalue weighted by Gasteiger charge is 2.31. The Morgan fingerprint density at radius 3 is 2.61 bits per heavy atom. The van der Waals surface area contributed by atoms with E-state index in [2.05, 4.69) is 0 Å². The van der Waals surface area contributed by atoms with Gasteiger partial charge in [0.2, 0.25) is 10.0 Å². The molecule has 1 saturated heterocycles. The smallest absolute Gasteiger partial charge is 0.243 e. The highest BCUT2D eigenvalue weighted by atomic mass is 32.2. The molecule has 100 valence electrons. The minimum atomic E-state index is -3.35. The van der Waals surface area contributed by atoms with E-state index in [0.717, 1.165) is 12.8 Å². The molecule has 1 aromatic rings. The van der Waals surface area contributed by atoms with Gasteiger partial charge in [0.15, 0.2) is 0 Å². The largest absolute Gasteiger partial charge is 0.328 e. The Hall–Kier alpha value is -0.910. The van der Waals surface area contributed by atoms with Crippen LogP contribution in [0.2, 0.25) is 0 Å². The van der Waals surface area contributed by atoms with Crippen molar-refractivity contribution in [3.05, 3.63) is 30.3 Å². The molecule has 4 nitrogen and oxygen atoms in total. The molecule has 5 heteroatoms. The quantitative estimate of drug-likeness (QED) is 0.902. The summed E-state index contributed by atoms with van der Waals surface area (Å²) in [5.74, 6) is 0.261. The average Bonchev–Trinajstić information content (AvgIpc) is 2.40. The summed E-state index contributed by atoms with van der Waals surface area (Å²) >= 11 is 0. The van der Waals surface area contributed by atoms with Gasteiger partial charge in [-0.3, -0.25) is 0 Å². The molecule has 1 fully saturated rings. The molecule has 1 aromatic carbocycles. The van der Waals surface area contributed by atoms with E-state index < -0.39 is 10.0 Å². The van der Waals surface area contributed by atoms with Crippen LogP contribution in [0.4, 0.5) is 0 Å². The summed E-state index contributed by atoms with van der Waals surface area (Å²) in [6, 6.07) is 8.65. The molecule has 0 aliphatic carbocycles. The molecule has 2 N–H and O–H groups in total. The molecule has 1 heterocycles. The fourth-order valence-electron chi connectivity index (χ4n) is 2.36. The molecule has 2 rings (SSSR count). The molecule has 1 aliphatic heterocycles. The van der Waals surface area contributed by atoms with Crippen molar-refractivity contribution in [2.24, 2.45) is 11.7 Å². The number of hydrogen-bond donors (Lipinski definition) is 1. The Morgan fingerprint density at radius 1 is 1.33 bits per heavy atom. The number of rotatable bonds is 3. The van der Waals surface area contributed by atoms with Gasteiger partial charge in [0, 0.05) is 19.1 Å². The van der Waals surface area contributed by atoms with Crippen molar-refractivity contribution in [3.63, 3.8) is 0 Å². The molecular formula is C13H20N2O2S. The van der Waals surface area contributed by atoms with E-state index in [-0.39, 0.29) is 12.0 Å². The Labute approximate surface area is 109 Å². The van der Waals surface area contributed by atoms with Gasteiger partial charge in [0.1, 0.15) is 0 Å². The fraction of sp³-hybridized carbons (Fsp3) is 0.538. The summed E-state index contributed by atoms with van der Waals surface area (Å²) in [5.41, 5.74) is 5.89. The van der Waals surface area contributed by atoms with Crippen molar-refractivity contribution in [1.82, 2.24) is 4.31 Å². The van der Waals surface area contributed by atoms with Crippen LogP contribution in [0.5, 0.6) is 0 Å². The molecule has 2 atom stereocenters. The molecule has 1 aliphatic rings. The van der Waals surface area contributed by atoms with Crippen LogP contribution in [-0.2, 0) is 10.0 Å². The molecule has 0 radical (unpaired) electrons. The maximum absolute atomic E-state index is 12.4. The minimum absolute atomic E-state index is 0.0405. The van der Waals surface area contributed by atoms with Crippen LogP contribution in [0.3, 0.4) is 0 Å².